The molecule has 1 N–H and O–H groups in total. The Kier molecular flexibility index (Phi) is 6.08. The molecule has 0 unspecified atom stereocenters. The van der Waals surface area contributed by atoms with E-state index < -0.39 is 0 Å². The van der Waals surface area contributed by atoms with Gasteiger partial charge < -0.3 is 9.47 Å². The van der Waals surface area contributed by atoms with E-state index in [-0.39, 0.29) is 0 Å². The number of ether oxygens (including phenoxy) is 2. The van der Waals surface area contributed by atoms with Crippen LogP contribution in [0.4, 0.5) is 0 Å². The summed E-state index contributed by atoms with van der Waals surface area (Å²) in [6.45, 7) is 0. The van der Waals surface area contributed by atoms with Crippen molar-refractivity contribution < 1.29 is 9.47 Å². The molecule has 0 radical (unpaired) electrons. The first-order chi connectivity index (χ1) is 12.7. The summed E-state index contributed by atoms with van der Waals surface area (Å²) in [6.07, 6.45) is 1.68. The van der Waals surface area contributed by atoms with E-state index in [2.05, 4.69) is 27.4 Å². The van der Waals surface area contributed by atoms with Crippen LogP contribution < -0.4 is 9.47 Å². The van der Waals surface area contributed by atoms with Crippen LogP contribution in [0.2, 0.25) is 0 Å². The quantitative estimate of drug-likeness (QED) is 0.376. The highest BCUT2D eigenvalue weighted by atomic mass is 32.2. The lowest BCUT2D eigenvalue weighted by atomic mass is 10.2. The zero-order valence-electron chi connectivity index (χ0n) is 14.4. The summed E-state index contributed by atoms with van der Waals surface area (Å²) in [4.78, 5) is 0. The number of nitrogens with zero attached hydrogens (tertiary/aromatic N) is 3. The number of aromatic nitrogens is 3. The first-order valence-corrected chi connectivity index (χ1v) is 9.22. The van der Waals surface area contributed by atoms with Gasteiger partial charge in [0.25, 0.3) is 0 Å². The summed E-state index contributed by atoms with van der Waals surface area (Å²) in [5.41, 5.74) is 1.99. The number of hydrogen-bond donors (Lipinski definition) is 1. The Morgan fingerprint density at radius 2 is 1.96 bits per heavy atom. The molecule has 0 amide bonds. The maximum atomic E-state index is 5.42. The second-order valence-corrected chi connectivity index (χ2v) is 6.55. The van der Waals surface area contributed by atoms with E-state index in [1.54, 1.807) is 36.9 Å². The van der Waals surface area contributed by atoms with E-state index in [0.717, 1.165) is 11.3 Å². The summed E-state index contributed by atoms with van der Waals surface area (Å²) in [5.74, 6) is 2.04. The number of benzene rings is 2. The van der Waals surface area contributed by atoms with Crippen molar-refractivity contribution in [1.82, 2.24) is 14.9 Å². The Morgan fingerprint density at radius 3 is 2.69 bits per heavy atom. The normalized spacial score (nSPS) is 11.0. The van der Waals surface area contributed by atoms with Crippen LogP contribution >= 0.6 is 24.0 Å². The third-order valence-electron chi connectivity index (χ3n) is 3.58. The molecule has 0 fully saturated rings. The minimum atomic E-state index is 0.429. The highest BCUT2D eigenvalue weighted by molar-refractivity contribution is 7.98. The largest absolute Gasteiger partial charge is 0.493 e. The van der Waals surface area contributed by atoms with E-state index in [4.69, 9.17) is 21.7 Å². The molecule has 0 aliphatic heterocycles. The zero-order valence-corrected chi connectivity index (χ0v) is 16.0. The molecule has 0 atom stereocenters. The number of methoxy groups -OCH3 is 2. The maximum Gasteiger partial charge on any atom is 0.217 e. The molecular weight excluding hydrogens is 368 g/mol. The second kappa shape index (κ2) is 8.68. The number of para-hydroxylation sites is 1. The van der Waals surface area contributed by atoms with Crippen LogP contribution in [0.1, 0.15) is 11.1 Å². The summed E-state index contributed by atoms with van der Waals surface area (Å²) >= 11 is 6.85. The Balaban J connectivity index is 1.83. The van der Waals surface area contributed by atoms with Crippen LogP contribution in [-0.2, 0) is 5.75 Å². The minimum absolute atomic E-state index is 0.429. The highest BCUT2D eigenvalue weighted by Gasteiger charge is 2.09. The van der Waals surface area contributed by atoms with Gasteiger partial charge >= 0.3 is 0 Å². The van der Waals surface area contributed by atoms with E-state index in [0.29, 0.717) is 21.4 Å². The molecule has 0 aliphatic carbocycles. The van der Waals surface area contributed by atoms with E-state index in [9.17, 15) is 0 Å². The second-order valence-electron chi connectivity index (χ2n) is 5.22. The van der Waals surface area contributed by atoms with Gasteiger partial charge in [-0.3, -0.25) is 0 Å². The molecule has 1 heterocycles. The number of thioether (sulfide) groups is 1. The van der Waals surface area contributed by atoms with Gasteiger partial charge in [-0.05, 0) is 29.9 Å². The molecule has 2 aromatic carbocycles. The predicted molar refractivity (Wildman–Crippen MR) is 106 cm³/mol. The lowest BCUT2D eigenvalue weighted by Gasteiger charge is -2.09. The Labute approximate surface area is 160 Å². The van der Waals surface area contributed by atoms with Crippen LogP contribution in [0.3, 0.4) is 0 Å². The number of H-pyrrole nitrogens is 1. The average molecular weight is 387 g/mol. The molecule has 0 saturated heterocycles. The van der Waals surface area contributed by atoms with Gasteiger partial charge in [-0.15, -0.1) is 5.10 Å². The fourth-order valence-corrected chi connectivity index (χ4v) is 3.42. The lowest BCUT2D eigenvalue weighted by molar-refractivity contribution is 0.354. The number of nitrogens with one attached hydrogen (secondary N) is 1. The topological polar surface area (TPSA) is 64.4 Å². The minimum Gasteiger partial charge on any atom is -0.493 e. The predicted octanol–water partition coefficient (Wildman–Crippen LogP) is 4.13. The SMILES string of the molecule is COc1cccc(/C=N\n2c(SCc3ccccc3)n[nH]c2=S)c1OC. The Hall–Kier alpha value is -2.58. The van der Waals surface area contributed by atoms with Crippen molar-refractivity contribution in [3.05, 3.63) is 64.4 Å². The van der Waals surface area contributed by atoms with Gasteiger partial charge in [0.2, 0.25) is 9.93 Å². The standard InChI is InChI=1S/C18H18N4O2S2/c1-23-15-10-6-9-14(16(15)24-2)11-19-22-17(25)20-21-18(22)26-12-13-7-4-3-5-8-13/h3-11H,12H2,1-2H3,(H,20,25)/b19-11-. The Bertz CT molecular complexity index is 951. The van der Waals surface area contributed by atoms with Crippen molar-refractivity contribution in [3.63, 3.8) is 0 Å². The number of rotatable bonds is 7. The van der Waals surface area contributed by atoms with Gasteiger partial charge in [0.1, 0.15) is 0 Å². The van der Waals surface area contributed by atoms with Crippen molar-refractivity contribution in [2.24, 2.45) is 5.10 Å². The highest BCUT2D eigenvalue weighted by Crippen LogP contribution is 2.29. The average Bonchev–Trinajstić information content (AvgIpc) is 3.04. The molecule has 1 aromatic heterocycles. The fraction of sp³-hybridized carbons (Fsp3) is 0.167. The smallest absolute Gasteiger partial charge is 0.217 e. The summed E-state index contributed by atoms with van der Waals surface area (Å²) in [6, 6.07) is 15.8. The fourth-order valence-electron chi connectivity index (χ4n) is 2.33. The zero-order chi connectivity index (χ0) is 18.4. The van der Waals surface area contributed by atoms with Crippen molar-refractivity contribution >= 4 is 30.2 Å². The van der Waals surface area contributed by atoms with Crippen LogP contribution in [-0.4, -0.2) is 35.3 Å². The van der Waals surface area contributed by atoms with Gasteiger partial charge in [0.15, 0.2) is 11.5 Å². The van der Waals surface area contributed by atoms with Crippen LogP contribution in [0.15, 0.2) is 58.8 Å². The molecule has 0 saturated carbocycles. The molecule has 26 heavy (non-hydrogen) atoms. The summed E-state index contributed by atoms with van der Waals surface area (Å²) in [5, 5.41) is 12.2. The number of hydrogen-bond acceptors (Lipinski definition) is 6. The lowest BCUT2D eigenvalue weighted by Crippen LogP contribution is -1.98. The van der Waals surface area contributed by atoms with E-state index in [1.807, 2.05) is 36.4 Å². The van der Waals surface area contributed by atoms with Gasteiger partial charge in [-0.25, -0.2) is 5.10 Å². The molecule has 3 aromatic rings. The monoisotopic (exact) mass is 386 g/mol. The molecule has 6 nitrogen and oxygen atoms in total. The maximum absolute atomic E-state index is 5.42. The van der Waals surface area contributed by atoms with Gasteiger partial charge in [-0.2, -0.15) is 9.78 Å². The first-order valence-electron chi connectivity index (χ1n) is 7.82. The van der Waals surface area contributed by atoms with Crippen molar-refractivity contribution in [2.75, 3.05) is 14.2 Å². The summed E-state index contributed by atoms with van der Waals surface area (Å²) < 4.78 is 12.8. The van der Waals surface area contributed by atoms with Crippen molar-refractivity contribution in [1.29, 1.82) is 0 Å². The van der Waals surface area contributed by atoms with Crippen LogP contribution in [0, 0.1) is 4.77 Å². The van der Waals surface area contributed by atoms with Gasteiger partial charge in [-0.1, -0.05) is 48.2 Å². The third-order valence-corrected chi connectivity index (χ3v) is 4.84. The molecule has 0 aliphatic rings. The number of aromatic amines is 1. The van der Waals surface area contributed by atoms with Gasteiger partial charge in [0.05, 0.1) is 20.4 Å². The first kappa shape index (κ1) is 18.2. The van der Waals surface area contributed by atoms with E-state index >= 15 is 0 Å². The van der Waals surface area contributed by atoms with Crippen LogP contribution in [0.25, 0.3) is 0 Å². The van der Waals surface area contributed by atoms with E-state index in [1.165, 1.54) is 5.56 Å². The molecule has 3 rings (SSSR count). The molecule has 8 heteroatoms. The molecule has 0 bridgehead atoms. The summed E-state index contributed by atoms with van der Waals surface area (Å²) in [7, 11) is 3.20. The Morgan fingerprint density at radius 1 is 1.15 bits per heavy atom. The third kappa shape index (κ3) is 4.14. The van der Waals surface area contributed by atoms with Gasteiger partial charge in [0, 0.05) is 11.3 Å². The molecular formula is C18H18N4O2S2. The van der Waals surface area contributed by atoms with Crippen LogP contribution in [0.5, 0.6) is 11.5 Å². The molecule has 0 spiro atoms. The van der Waals surface area contributed by atoms with Crippen molar-refractivity contribution in [3.8, 4) is 11.5 Å². The molecule has 134 valence electrons. The van der Waals surface area contributed by atoms with Crippen molar-refractivity contribution in [2.45, 2.75) is 10.9 Å².